The van der Waals surface area contributed by atoms with Crippen LogP contribution in [0.15, 0.2) is 30.3 Å². The Morgan fingerprint density at radius 3 is 2.74 bits per heavy atom. The summed E-state index contributed by atoms with van der Waals surface area (Å²) in [5.41, 5.74) is 1.38. The predicted octanol–water partition coefficient (Wildman–Crippen LogP) is 1.97. The largest absolute Gasteiger partial charge is 0.312 e. The van der Waals surface area contributed by atoms with Gasteiger partial charge in [0.2, 0.25) is 0 Å². The molecule has 0 spiro atoms. The number of nitrogens with one attached hydrogen (secondary N) is 1. The van der Waals surface area contributed by atoms with E-state index in [9.17, 15) is 0 Å². The number of rotatable bonds is 5. The van der Waals surface area contributed by atoms with Crippen LogP contribution in [0.25, 0.3) is 0 Å². The lowest BCUT2D eigenvalue weighted by molar-refractivity contribution is 0.126. The van der Waals surface area contributed by atoms with Crippen LogP contribution < -0.4 is 5.32 Å². The molecule has 106 valence electrons. The van der Waals surface area contributed by atoms with Crippen molar-refractivity contribution in [2.24, 2.45) is 0 Å². The van der Waals surface area contributed by atoms with E-state index in [0.717, 1.165) is 6.54 Å². The summed E-state index contributed by atoms with van der Waals surface area (Å²) < 4.78 is 0. The zero-order valence-electron chi connectivity index (χ0n) is 12.5. The van der Waals surface area contributed by atoms with Crippen LogP contribution in [0.2, 0.25) is 0 Å². The first kappa shape index (κ1) is 14.5. The number of benzene rings is 1. The van der Waals surface area contributed by atoms with Crippen molar-refractivity contribution in [3.8, 4) is 0 Å². The zero-order valence-corrected chi connectivity index (χ0v) is 12.5. The Balaban J connectivity index is 1.94. The van der Waals surface area contributed by atoms with Gasteiger partial charge in [-0.2, -0.15) is 0 Å². The minimum atomic E-state index is 0.415. The van der Waals surface area contributed by atoms with Crippen molar-refractivity contribution in [2.45, 2.75) is 24.9 Å². The van der Waals surface area contributed by atoms with Gasteiger partial charge in [0.25, 0.3) is 0 Å². The summed E-state index contributed by atoms with van der Waals surface area (Å²) in [5, 5.41) is 3.44. The fourth-order valence-corrected chi connectivity index (χ4v) is 2.98. The van der Waals surface area contributed by atoms with Crippen molar-refractivity contribution < 1.29 is 0 Å². The van der Waals surface area contributed by atoms with Gasteiger partial charge in [-0.05, 0) is 46.1 Å². The van der Waals surface area contributed by atoms with Gasteiger partial charge in [-0.1, -0.05) is 30.3 Å². The van der Waals surface area contributed by atoms with E-state index >= 15 is 0 Å². The number of nitrogens with zero attached hydrogens (tertiary/aromatic N) is 2. The fraction of sp³-hybridized carbons (Fsp3) is 0.625. The van der Waals surface area contributed by atoms with Crippen LogP contribution in [-0.4, -0.2) is 56.6 Å². The van der Waals surface area contributed by atoms with Crippen LogP contribution >= 0.6 is 0 Å². The number of hydrogen-bond donors (Lipinski definition) is 1. The van der Waals surface area contributed by atoms with Gasteiger partial charge in [-0.25, -0.2) is 0 Å². The molecule has 1 aromatic rings. The second kappa shape index (κ2) is 7.04. The van der Waals surface area contributed by atoms with Crippen molar-refractivity contribution in [3.63, 3.8) is 0 Å². The van der Waals surface area contributed by atoms with Crippen LogP contribution in [0.5, 0.6) is 0 Å². The number of hydrogen-bond acceptors (Lipinski definition) is 3. The van der Waals surface area contributed by atoms with E-state index in [2.05, 4.69) is 66.6 Å². The highest BCUT2D eigenvalue weighted by Gasteiger charge is 2.23. The molecule has 2 unspecified atom stereocenters. The highest BCUT2D eigenvalue weighted by Crippen LogP contribution is 2.18. The smallest absolute Gasteiger partial charge is 0.0446 e. The van der Waals surface area contributed by atoms with Crippen LogP contribution in [0, 0.1) is 0 Å². The fourth-order valence-electron chi connectivity index (χ4n) is 2.98. The molecule has 1 heterocycles. The van der Waals surface area contributed by atoms with E-state index in [1.807, 2.05) is 0 Å². The molecule has 1 aliphatic rings. The lowest BCUT2D eigenvalue weighted by atomic mass is 10.0. The maximum Gasteiger partial charge on any atom is 0.0446 e. The quantitative estimate of drug-likeness (QED) is 0.874. The second-order valence-corrected chi connectivity index (χ2v) is 5.75. The summed E-state index contributed by atoms with van der Waals surface area (Å²) in [5.74, 6) is 0. The van der Waals surface area contributed by atoms with E-state index in [1.165, 1.54) is 31.5 Å². The monoisotopic (exact) mass is 261 g/mol. The van der Waals surface area contributed by atoms with Crippen molar-refractivity contribution in [1.29, 1.82) is 0 Å². The molecule has 19 heavy (non-hydrogen) atoms. The minimum Gasteiger partial charge on any atom is -0.312 e. The average Bonchev–Trinajstić information content (AvgIpc) is 2.45. The summed E-state index contributed by atoms with van der Waals surface area (Å²) in [6.07, 6.45) is 2.65. The van der Waals surface area contributed by atoms with Gasteiger partial charge in [0.1, 0.15) is 0 Å². The van der Waals surface area contributed by atoms with Crippen LogP contribution in [0.4, 0.5) is 0 Å². The molecule has 0 bridgehead atoms. The Kier molecular flexibility index (Phi) is 5.37. The van der Waals surface area contributed by atoms with E-state index in [0.29, 0.717) is 12.1 Å². The zero-order chi connectivity index (χ0) is 13.7. The van der Waals surface area contributed by atoms with Crippen LogP contribution in [0.1, 0.15) is 24.4 Å². The Morgan fingerprint density at radius 2 is 2.11 bits per heavy atom. The lowest BCUT2D eigenvalue weighted by Crippen LogP contribution is -2.47. The first-order valence-corrected chi connectivity index (χ1v) is 7.31. The molecular weight excluding hydrogens is 234 g/mol. The summed E-state index contributed by atoms with van der Waals surface area (Å²) in [6, 6.07) is 11.8. The third-order valence-corrected chi connectivity index (χ3v) is 4.24. The number of likely N-dealkylation sites (N-methyl/N-ethyl adjacent to an activating group) is 3. The van der Waals surface area contributed by atoms with Gasteiger partial charge in [-0.3, -0.25) is 0 Å². The molecule has 0 saturated carbocycles. The van der Waals surface area contributed by atoms with Gasteiger partial charge >= 0.3 is 0 Å². The van der Waals surface area contributed by atoms with Gasteiger partial charge < -0.3 is 15.1 Å². The maximum atomic E-state index is 3.44. The number of likely N-dealkylation sites (tertiary alicyclic amines) is 1. The van der Waals surface area contributed by atoms with Crippen molar-refractivity contribution in [2.75, 3.05) is 40.8 Å². The summed E-state index contributed by atoms with van der Waals surface area (Å²) in [4.78, 5) is 4.96. The second-order valence-electron chi connectivity index (χ2n) is 5.75. The molecule has 1 aromatic carbocycles. The molecule has 1 saturated heterocycles. The molecule has 1 aliphatic heterocycles. The molecule has 1 fully saturated rings. The molecule has 0 amide bonds. The molecule has 2 rings (SSSR count). The van der Waals surface area contributed by atoms with E-state index in [-0.39, 0.29) is 0 Å². The highest BCUT2D eigenvalue weighted by atomic mass is 15.2. The molecule has 1 N–H and O–H groups in total. The topological polar surface area (TPSA) is 18.5 Å². The van der Waals surface area contributed by atoms with E-state index in [4.69, 9.17) is 0 Å². The molecular formula is C16H27N3. The van der Waals surface area contributed by atoms with Gasteiger partial charge in [0.15, 0.2) is 0 Å². The molecule has 0 aliphatic carbocycles. The maximum absolute atomic E-state index is 3.44. The highest BCUT2D eigenvalue weighted by molar-refractivity contribution is 5.19. The first-order valence-electron chi connectivity index (χ1n) is 7.31. The lowest BCUT2D eigenvalue weighted by Gasteiger charge is -2.37. The minimum absolute atomic E-state index is 0.415. The summed E-state index contributed by atoms with van der Waals surface area (Å²) >= 11 is 0. The molecule has 3 nitrogen and oxygen atoms in total. The standard InChI is InChI=1S/C16H27N3/c1-17-16(14-8-5-4-6-9-14)13-19(3)15-10-7-11-18(2)12-15/h4-6,8-9,15-17H,7,10-13H2,1-3H3. The van der Waals surface area contributed by atoms with Crippen molar-refractivity contribution in [1.82, 2.24) is 15.1 Å². The van der Waals surface area contributed by atoms with Gasteiger partial charge in [0, 0.05) is 25.2 Å². The summed E-state index contributed by atoms with van der Waals surface area (Å²) in [6.45, 7) is 3.51. The van der Waals surface area contributed by atoms with Crippen molar-refractivity contribution >= 4 is 0 Å². The van der Waals surface area contributed by atoms with E-state index in [1.54, 1.807) is 0 Å². The SMILES string of the molecule is CNC(CN(C)C1CCCN(C)C1)c1ccccc1. The Hall–Kier alpha value is -0.900. The molecule has 0 radical (unpaired) electrons. The Morgan fingerprint density at radius 1 is 1.37 bits per heavy atom. The number of piperidine rings is 1. The molecule has 2 atom stereocenters. The van der Waals surface area contributed by atoms with Crippen molar-refractivity contribution in [3.05, 3.63) is 35.9 Å². The molecule has 3 heteroatoms. The third-order valence-electron chi connectivity index (χ3n) is 4.24. The van der Waals surface area contributed by atoms with Gasteiger partial charge in [0.05, 0.1) is 0 Å². The summed E-state index contributed by atoms with van der Waals surface area (Å²) in [7, 11) is 6.54. The average molecular weight is 261 g/mol. The Bertz CT molecular complexity index is 366. The predicted molar refractivity (Wildman–Crippen MR) is 81.4 cm³/mol. The van der Waals surface area contributed by atoms with Crippen LogP contribution in [-0.2, 0) is 0 Å². The van der Waals surface area contributed by atoms with Crippen LogP contribution in [0.3, 0.4) is 0 Å². The third kappa shape index (κ3) is 4.03. The normalized spacial score (nSPS) is 22.6. The first-order chi connectivity index (χ1) is 9.20. The van der Waals surface area contributed by atoms with Gasteiger partial charge in [-0.15, -0.1) is 0 Å². The Labute approximate surface area is 117 Å². The van der Waals surface area contributed by atoms with E-state index < -0.39 is 0 Å². The molecule has 0 aromatic heterocycles.